The maximum absolute atomic E-state index is 5.87. The summed E-state index contributed by atoms with van der Waals surface area (Å²) in [6.07, 6.45) is 2.57. The van der Waals surface area contributed by atoms with Gasteiger partial charge in [0.25, 0.3) is 0 Å². The molecule has 0 aliphatic carbocycles. The molecule has 0 aliphatic heterocycles. The second-order valence-corrected chi connectivity index (χ2v) is 4.91. The van der Waals surface area contributed by atoms with Crippen molar-refractivity contribution in [3.05, 3.63) is 47.4 Å². The van der Waals surface area contributed by atoms with E-state index in [9.17, 15) is 0 Å². The maximum Gasteiger partial charge on any atom is 0.133 e. The van der Waals surface area contributed by atoms with Crippen molar-refractivity contribution in [3.63, 3.8) is 0 Å². The summed E-state index contributed by atoms with van der Waals surface area (Å²) in [6.45, 7) is 4.43. The number of hydrogen-bond donors (Lipinski definition) is 0. The van der Waals surface area contributed by atoms with Crippen molar-refractivity contribution >= 4 is 11.6 Å². The molecule has 2 rings (SSSR count). The van der Waals surface area contributed by atoms with E-state index in [1.807, 2.05) is 6.07 Å². The van der Waals surface area contributed by atoms with Crippen LogP contribution in [0.2, 0.25) is 5.15 Å². The molecule has 0 spiro atoms. The molecule has 88 valence electrons. The summed E-state index contributed by atoms with van der Waals surface area (Å²) in [4.78, 5) is 8.12. The van der Waals surface area contributed by atoms with Crippen molar-refractivity contribution in [3.8, 4) is 11.3 Å². The van der Waals surface area contributed by atoms with Crippen LogP contribution in [0.15, 0.2) is 36.7 Å². The molecule has 1 aromatic heterocycles. The molecule has 0 atom stereocenters. The molecular formula is C14H15ClN2. The van der Waals surface area contributed by atoms with Crippen molar-refractivity contribution < 1.29 is 0 Å². The number of nitrogens with zero attached hydrogens (tertiary/aromatic N) is 2. The monoisotopic (exact) mass is 246 g/mol. The van der Waals surface area contributed by atoms with Gasteiger partial charge in [0.15, 0.2) is 0 Å². The van der Waals surface area contributed by atoms with Crippen molar-refractivity contribution in [2.45, 2.75) is 20.3 Å². The van der Waals surface area contributed by atoms with E-state index in [2.05, 4.69) is 42.0 Å². The van der Waals surface area contributed by atoms with Crippen LogP contribution < -0.4 is 0 Å². The van der Waals surface area contributed by atoms with Crippen LogP contribution in [-0.2, 0) is 6.42 Å². The van der Waals surface area contributed by atoms with Crippen molar-refractivity contribution in [2.24, 2.45) is 5.92 Å². The molecule has 17 heavy (non-hydrogen) atoms. The molecule has 3 heteroatoms. The van der Waals surface area contributed by atoms with Crippen molar-refractivity contribution in [1.82, 2.24) is 9.97 Å². The molecule has 2 aromatic rings. The molecule has 0 saturated heterocycles. The summed E-state index contributed by atoms with van der Waals surface area (Å²) in [7, 11) is 0. The quantitative estimate of drug-likeness (QED) is 0.765. The van der Waals surface area contributed by atoms with E-state index in [1.54, 1.807) is 6.07 Å². The van der Waals surface area contributed by atoms with Crippen LogP contribution in [0.25, 0.3) is 11.3 Å². The molecule has 0 fully saturated rings. The number of benzene rings is 1. The van der Waals surface area contributed by atoms with Gasteiger partial charge in [0.2, 0.25) is 0 Å². The highest BCUT2D eigenvalue weighted by Crippen LogP contribution is 2.21. The first-order valence-corrected chi connectivity index (χ1v) is 6.10. The third-order valence-corrected chi connectivity index (χ3v) is 2.71. The van der Waals surface area contributed by atoms with E-state index < -0.39 is 0 Å². The van der Waals surface area contributed by atoms with Gasteiger partial charge in [-0.1, -0.05) is 43.6 Å². The van der Waals surface area contributed by atoms with Gasteiger partial charge < -0.3 is 0 Å². The van der Waals surface area contributed by atoms with Crippen LogP contribution in [0.5, 0.6) is 0 Å². The van der Waals surface area contributed by atoms with Crippen LogP contribution in [0.4, 0.5) is 0 Å². The molecule has 0 bridgehead atoms. The molecule has 2 nitrogen and oxygen atoms in total. The molecule has 0 unspecified atom stereocenters. The molecule has 0 amide bonds. The zero-order valence-electron chi connectivity index (χ0n) is 10.0. The number of hydrogen-bond acceptors (Lipinski definition) is 2. The van der Waals surface area contributed by atoms with Crippen LogP contribution in [-0.4, -0.2) is 9.97 Å². The molecule has 1 heterocycles. The fourth-order valence-corrected chi connectivity index (χ4v) is 1.97. The Morgan fingerprint density at radius 3 is 2.71 bits per heavy atom. The Morgan fingerprint density at radius 2 is 2.00 bits per heavy atom. The molecule has 0 N–H and O–H groups in total. The standard InChI is InChI=1S/C14H15ClN2/c1-10(2)6-11-4-3-5-12(7-11)13-8-14(15)17-9-16-13/h3-5,7-10H,6H2,1-2H3. The number of aromatic nitrogens is 2. The molecule has 0 radical (unpaired) electrons. The number of rotatable bonds is 3. The fraction of sp³-hybridized carbons (Fsp3) is 0.286. The van der Waals surface area contributed by atoms with E-state index >= 15 is 0 Å². The molecule has 0 aliphatic rings. The maximum atomic E-state index is 5.87. The Morgan fingerprint density at radius 1 is 1.18 bits per heavy atom. The van der Waals surface area contributed by atoms with Crippen molar-refractivity contribution in [1.29, 1.82) is 0 Å². The Balaban J connectivity index is 2.33. The predicted octanol–water partition coefficient (Wildman–Crippen LogP) is 4.00. The minimum absolute atomic E-state index is 0.476. The highest BCUT2D eigenvalue weighted by molar-refractivity contribution is 6.29. The van der Waals surface area contributed by atoms with E-state index in [1.165, 1.54) is 11.9 Å². The Labute approximate surface area is 107 Å². The first kappa shape index (κ1) is 12.1. The van der Waals surface area contributed by atoms with E-state index in [0.29, 0.717) is 11.1 Å². The highest BCUT2D eigenvalue weighted by atomic mass is 35.5. The summed E-state index contributed by atoms with van der Waals surface area (Å²) >= 11 is 5.87. The van der Waals surface area contributed by atoms with Crippen LogP contribution in [0.1, 0.15) is 19.4 Å². The average molecular weight is 247 g/mol. The summed E-state index contributed by atoms with van der Waals surface area (Å²) in [5, 5.41) is 0.476. The molecular weight excluding hydrogens is 232 g/mol. The van der Waals surface area contributed by atoms with E-state index in [-0.39, 0.29) is 0 Å². The van der Waals surface area contributed by atoms with Gasteiger partial charge >= 0.3 is 0 Å². The van der Waals surface area contributed by atoms with Gasteiger partial charge in [-0.3, -0.25) is 0 Å². The summed E-state index contributed by atoms with van der Waals surface area (Å²) in [5.74, 6) is 0.652. The smallest absolute Gasteiger partial charge is 0.133 e. The molecule has 1 aromatic carbocycles. The fourth-order valence-electron chi connectivity index (χ4n) is 1.82. The van der Waals surface area contributed by atoms with E-state index in [0.717, 1.165) is 17.7 Å². The van der Waals surface area contributed by atoms with Gasteiger partial charge in [0.05, 0.1) is 5.69 Å². The largest absolute Gasteiger partial charge is 0.236 e. The van der Waals surface area contributed by atoms with Crippen LogP contribution >= 0.6 is 11.6 Å². The topological polar surface area (TPSA) is 25.8 Å². The van der Waals surface area contributed by atoms with Crippen LogP contribution in [0.3, 0.4) is 0 Å². The Hall–Kier alpha value is -1.41. The number of halogens is 1. The average Bonchev–Trinajstić information content (AvgIpc) is 2.28. The summed E-state index contributed by atoms with van der Waals surface area (Å²) in [5.41, 5.74) is 3.29. The second-order valence-electron chi connectivity index (χ2n) is 4.52. The van der Waals surface area contributed by atoms with Gasteiger partial charge in [-0.05, 0) is 24.0 Å². The minimum Gasteiger partial charge on any atom is -0.236 e. The lowest BCUT2D eigenvalue weighted by molar-refractivity contribution is 0.647. The summed E-state index contributed by atoms with van der Waals surface area (Å²) in [6, 6.07) is 10.2. The lowest BCUT2D eigenvalue weighted by atomic mass is 10.00. The lowest BCUT2D eigenvalue weighted by Gasteiger charge is -2.07. The molecule has 0 saturated carbocycles. The third kappa shape index (κ3) is 3.27. The minimum atomic E-state index is 0.476. The lowest BCUT2D eigenvalue weighted by Crippen LogP contribution is -1.94. The summed E-state index contributed by atoms with van der Waals surface area (Å²) < 4.78 is 0. The Kier molecular flexibility index (Phi) is 3.75. The van der Waals surface area contributed by atoms with Gasteiger partial charge in [-0.2, -0.15) is 0 Å². The zero-order chi connectivity index (χ0) is 12.3. The van der Waals surface area contributed by atoms with E-state index in [4.69, 9.17) is 11.6 Å². The first-order valence-electron chi connectivity index (χ1n) is 5.72. The SMILES string of the molecule is CC(C)Cc1cccc(-c2cc(Cl)ncn2)c1. The van der Waals surface area contributed by atoms with Gasteiger partial charge in [0.1, 0.15) is 11.5 Å². The van der Waals surface area contributed by atoms with Gasteiger partial charge in [0, 0.05) is 11.6 Å². The van der Waals surface area contributed by atoms with Gasteiger partial charge in [-0.25, -0.2) is 9.97 Å². The third-order valence-electron chi connectivity index (χ3n) is 2.50. The zero-order valence-corrected chi connectivity index (χ0v) is 10.8. The Bertz CT molecular complexity index is 509. The van der Waals surface area contributed by atoms with Gasteiger partial charge in [-0.15, -0.1) is 0 Å². The normalized spacial score (nSPS) is 10.8. The first-order chi connectivity index (χ1) is 8.15. The second kappa shape index (κ2) is 5.28. The van der Waals surface area contributed by atoms with Crippen LogP contribution in [0, 0.1) is 5.92 Å². The highest BCUT2D eigenvalue weighted by Gasteiger charge is 2.03. The predicted molar refractivity (Wildman–Crippen MR) is 71.0 cm³/mol. The van der Waals surface area contributed by atoms with Crippen molar-refractivity contribution in [2.75, 3.05) is 0 Å².